The molecule has 2 heterocycles. The second-order valence-corrected chi connectivity index (χ2v) is 4.54. The van der Waals surface area contributed by atoms with Crippen LogP contribution in [-0.4, -0.2) is 15.0 Å². The monoisotopic (exact) mass is 321 g/mol. The smallest absolute Gasteiger partial charge is 0.116 e. The maximum atomic E-state index is 4.28. The summed E-state index contributed by atoms with van der Waals surface area (Å²) in [5, 5.41) is 0. The fourth-order valence-corrected chi connectivity index (χ4v) is 2.58. The highest BCUT2D eigenvalue weighted by molar-refractivity contribution is 14.1. The maximum Gasteiger partial charge on any atom is 0.116 e. The van der Waals surface area contributed by atoms with Crippen molar-refractivity contribution in [1.29, 1.82) is 0 Å². The molecule has 3 aromatic rings. The average Bonchev–Trinajstić information content (AvgIpc) is 2.69. The van der Waals surface area contributed by atoms with Gasteiger partial charge in [-0.1, -0.05) is 30.3 Å². The molecule has 4 heteroatoms. The summed E-state index contributed by atoms with van der Waals surface area (Å²) < 4.78 is 1.14. The van der Waals surface area contributed by atoms with Crippen LogP contribution < -0.4 is 0 Å². The molecule has 0 saturated heterocycles. The average molecular weight is 321 g/mol. The highest BCUT2D eigenvalue weighted by Gasteiger charge is 2.10. The van der Waals surface area contributed by atoms with Gasteiger partial charge >= 0.3 is 0 Å². The van der Waals surface area contributed by atoms with Crippen LogP contribution >= 0.6 is 22.6 Å². The van der Waals surface area contributed by atoms with Gasteiger partial charge in [0.15, 0.2) is 0 Å². The Labute approximate surface area is 106 Å². The summed E-state index contributed by atoms with van der Waals surface area (Å²) in [5.41, 5.74) is 4.24. The van der Waals surface area contributed by atoms with E-state index in [1.54, 1.807) is 12.5 Å². The van der Waals surface area contributed by atoms with Gasteiger partial charge in [-0.05, 0) is 28.2 Å². The Balaban J connectivity index is 2.29. The van der Waals surface area contributed by atoms with E-state index in [0.29, 0.717) is 0 Å². The molecule has 0 bridgehead atoms. The van der Waals surface area contributed by atoms with Gasteiger partial charge in [-0.3, -0.25) is 0 Å². The molecule has 78 valence electrons. The van der Waals surface area contributed by atoms with Crippen LogP contribution in [0.3, 0.4) is 0 Å². The second kappa shape index (κ2) is 3.86. The summed E-state index contributed by atoms with van der Waals surface area (Å²) in [6, 6.07) is 10.2. The summed E-state index contributed by atoms with van der Waals surface area (Å²) in [4.78, 5) is 11.6. The van der Waals surface area contributed by atoms with Crippen molar-refractivity contribution in [2.45, 2.75) is 0 Å². The standard InChI is InChI=1S/C12H8IN3/c13-10-11(8-4-2-1-3-5-8)16-9-6-14-7-15-12(9)10/h1-7,16H. The van der Waals surface area contributed by atoms with E-state index >= 15 is 0 Å². The van der Waals surface area contributed by atoms with Crippen LogP contribution in [0.25, 0.3) is 22.3 Å². The number of nitrogens with one attached hydrogen (secondary N) is 1. The summed E-state index contributed by atoms with van der Waals surface area (Å²) in [6.07, 6.45) is 3.38. The number of aromatic nitrogens is 3. The van der Waals surface area contributed by atoms with E-state index in [1.807, 2.05) is 18.2 Å². The zero-order chi connectivity index (χ0) is 11.0. The summed E-state index contributed by atoms with van der Waals surface area (Å²) in [6.45, 7) is 0. The third kappa shape index (κ3) is 1.49. The fourth-order valence-electron chi connectivity index (χ4n) is 1.71. The lowest BCUT2D eigenvalue weighted by atomic mass is 10.2. The fraction of sp³-hybridized carbons (Fsp3) is 0. The maximum absolute atomic E-state index is 4.28. The predicted molar refractivity (Wildman–Crippen MR) is 72.0 cm³/mol. The van der Waals surface area contributed by atoms with Crippen molar-refractivity contribution in [3.63, 3.8) is 0 Å². The molecule has 3 rings (SSSR count). The van der Waals surface area contributed by atoms with Crippen LogP contribution in [0.1, 0.15) is 0 Å². The van der Waals surface area contributed by atoms with Crippen LogP contribution in [0.5, 0.6) is 0 Å². The Morgan fingerprint density at radius 2 is 1.94 bits per heavy atom. The molecular formula is C12H8IN3. The van der Waals surface area contributed by atoms with Gasteiger partial charge in [-0.15, -0.1) is 0 Å². The number of hydrogen-bond donors (Lipinski definition) is 1. The van der Waals surface area contributed by atoms with Gasteiger partial charge in [0.25, 0.3) is 0 Å². The number of halogens is 1. The summed E-state index contributed by atoms with van der Waals surface area (Å²) >= 11 is 2.32. The van der Waals surface area contributed by atoms with E-state index in [-0.39, 0.29) is 0 Å². The minimum atomic E-state index is 0.978. The highest BCUT2D eigenvalue weighted by Crippen LogP contribution is 2.29. The van der Waals surface area contributed by atoms with E-state index in [0.717, 1.165) is 20.3 Å². The minimum absolute atomic E-state index is 0.978. The Hall–Kier alpha value is -1.43. The zero-order valence-electron chi connectivity index (χ0n) is 8.31. The molecule has 0 aliphatic heterocycles. The lowest BCUT2D eigenvalue weighted by Crippen LogP contribution is -1.79. The topological polar surface area (TPSA) is 41.6 Å². The summed E-state index contributed by atoms with van der Waals surface area (Å²) in [5.74, 6) is 0. The second-order valence-electron chi connectivity index (χ2n) is 3.47. The van der Waals surface area contributed by atoms with E-state index in [4.69, 9.17) is 0 Å². The molecule has 2 aromatic heterocycles. The molecule has 0 spiro atoms. The minimum Gasteiger partial charge on any atom is -0.351 e. The molecule has 0 aliphatic carbocycles. The van der Waals surface area contributed by atoms with E-state index in [1.165, 1.54) is 5.56 Å². The molecule has 0 atom stereocenters. The molecule has 3 nitrogen and oxygen atoms in total. The van der Waals surface area contributed by atoms with Crippen LogP contribution in [0.2, 0.25) is 0 Å². The van der Waals surface area contributed by atoms with Crippen LogP contribution in [0, 0.1) is 3.57 Å². The number of fused-ring (bicyclic) bond motifs is 1. The zero-order valence-corrected chi connectivity index (χ0v) is 10.5. The highest BCUT2D eigenvalue weighted by atomic mass is 127. The number of rotatable bonds is 1. The molecular weight excluding hydrogens is 313 g/mol. The first-order chi connectivity index (χ1) is 7.86. The van der Waals surface area contributed by atoms with E-state index in [2.05, 4.69) is 49.7 Å². The number of hydrogen-bond acceptors (Lipinski definition) is 2. The van der Waals surface area contributed by atoms with Crippen molar-refractivity contribution in [2.24, 2.45) is 0 Å². The Morgan fingerprint density at radius 3 is 2.69 bits per heavy atom. The largest absolute Gasteiger partial charge is 0.351 e. The van der Waals surface area contributed by atoms with Gasteiger partial charge in [0.05, 0.1) is 21.0 Å². The van der Waals surface area contributed by atoms with Crippen LogP contribution in [-0.2, 0) is 0 Å². The van der Waals surface area contributed by atoms with Crippen molar-refractivity contribution in [3.8, 4) is 11.3 Å². The molecule has 1 N–H and O–H groups in total. The van der Waals surface area contributed by atoms with E-state index in [9.17, 15) is 0 Å². The van der Waals surface area contributed by atoms with Gasteiger partial charge in [0.2, 0.25) is 0 Å². The molecule has 0 fully saturated rings. The van der Waals surface area contributed by atoms with Gasteiger partial charge in [0, 0.05) is 0 Å². The predicted octanol–water partition coefficient (Wildman–Crippen LogP) is 3.23. The lowest BCUT2D eigenvalue weighted by Gasteiger charge is -1.97. The van der Waals surface area contributed by atoms with Crippen molar-refractivity contribution in [2.75, 3.05) is 0 Å². The SMILES string of the molecule is Ic1c(-c2ccccc2)[nH]c2cncnc12. The molecule has 1 aromatic carbocycles. The third-order valence-corrected chi connectivity index (χ3v) is 3.51. The third-order valence-electron chi connectivity index (χ3n) is 2.46. The lowest BCUT2D eigenvalue weighted by molar-refractivity contribution is 1.22. The van der Waals surface area contributed by atoms with Gasteiger partial charge in [0.1, 0.15) is 11.8 Å². The first-order valence-corrected chi connectivity index (χ1v) is 5.97. The van der Waals surface area contributed by atoms with Crippen LogP contribution in [0.15, 0.2) is 42.9 Å². The molecule has 0 saturated carbocycles. The molecule has 0 radical (unpaired) electrons. The van der Waals surface area contributed by atoms with E-state index < -0.39 is 0 Å². The van der Waals surface area contributed by atoms with Crippen molar-refractivity contribution in [1.82, 2.24) is 15.0 Å². The summed E-state index contributed by atoms with van der Waals surface area (Å²) in [7, 11) is 0. The molecule has 0 unspecified atom stereocenters. The van der Waals surface area contributed by atoms with Crippen molar-refractivity contribution in [3.05, 3.63) is 46.4 Å². The number of H-pyrrole nitrogens is 1. The molecule has 0 amide bonds. The number of aromatic amines is 1. The van der Waals surface area contributed by atoms with Crippen LogP contribution in [0.4, 0.5) is 0 Å². The first-order valence-electron chi connectivity index (χ1n) is 4.89. The molecule has 0 aliphatic rings. The van der Waals surface area contributed by atoms with Gasteiger partial charge in [-0.25, -0.2) is 9.97 Å². The first kappa shape index (κ1) is 9.77. The Bertz CT molecular complexity index is 631. The van der Waals surface area contributed by atoms with Gasteiger partial charge in [-0.2, -0.15) is 0 Å². The quantitative estimate of drug-likeness (QED) is 0.699. The number of nitrogens with zero attached hydrogens (tertiary/aromatic N) is 2. The Morgan fingerprint density at radius 1 is 1.12 bits per heavy atom. The van der Waals surface area contributed by atoms with Crippen molar-refractivity contribution >= 4 is 33.6 Å². The van der Waals surface area contributed by atoms with Crippen molar-refractivity contribution < 1.29 is 0 Å². The normalized spacial score (nSPS) is 10.8. The number of benzene rings is 1. The molecule has 16 heavy (non-hydrogen) atoms. The van der Waals surface area contributed by atoms with Gasteiger partial charge < -0.3 is 4.98 Å². The Kier molecular flexibility index (Phi) is 2.36.